The lowest BCUT2D eigenvalue weighted by Crippen LogP contribution is -2.44. The van der Waals surface area contributed by atoms with E-state index < -0.39 is 23.7 Å². The lowest BCUT2D eigenvalue weighted by Gasteiger charge is -2.22. The standard InChI is InChI=1S/C16H20N2O4/c1-16(2,3)22-15(21)18-13(14(19)20)10-12-6-4-11(5-7-12)8-9-17/h4-7,13H,8,10H2,1-3H3,(H,18,21)(H,19,20)/t13-/m0/s1. The zero-order valence-corrected chi connectivity index (χ0v) is 12.9. The molecule has 1 amide bonds. The van der Waals surface area contributed by atoms with Gasteiger partial charge in [0.25, 0.3) is 0 Å². The lowest BCUT2D eigenvalue weighted by atomic mass is 10.0. The molecular weight excluding hydrogens is 284 g/mol. The fourth-order valence-electron chi connectivity index (χ4n) is 1.77. The van der Waals surface area contributed by atoms with Gasteiger partial charge in [-0.15, -0.1) is 0 Å². The minimum atomic E-state index is -1.13. The second kappa shape index (κ2) is 7.46. The molecule has 1 rings (SSSR count). The van der Waals surface area contributed by atoms with E-state index in [1.165, 1.54) is 0 Å². The van der Waals surface area contributed by atoms with Crippen LogP contribution in [0.4, 0.5) is 4.79 Å². The predicted octanol–water partition coefficient (Wildman–Crippen LogP) is 2.27. The molecule has 1 atom stereocenters. The molecular formula is C16H20N2O4. The van der Waals surface area contributed by atoms with Gasteiger partial charge in [-0.3, -0.25) is 0 Å². The Hall–Kier alpha value is -2.55. The molecule has 1 aromatic rings. The van der Waals surface area contributed by atoms with E-state index in [4.69, 9.17) is 10.00 Å². The van der Waals surface area contributed by atoms with Crippen LogP contribution in [0, 0.1) is 11.3 Å². The monoisotopic (exact) mass is 304 g/mol. The van der Waals surface area contributed by atoms with Gasteiger partial charge in [0.05, 0.1) is 12.5 Å². The van der Waals surface area contributed by atoms with Crippen LogP contribution < -0.4 is 5.32 Å². The van der Waals surface area contributed by atoms with Crippen LogP contribution >= 0.6 is 0 Å². The van der Waals surface area contributed by atoms with Gasteiger partial charge in [0.1, 0.15) is 11.6 Å². The van der Waals surface area contributed by atoms with Gasteiger partial charge >= 0.3 is 12.1 Å². The summed E-state index contributed by atoms with van der Waals surface area (Å²) in [6.45, 7) is 5.11. The van der Waals surface area contributed by atoms with E-state index >= 15 is 0 Å². The Labute approximate surface area is 129 Å². The number of carbonyl (C=O) groups excluding carboxylic acids is 1. The van der Waals surface area contributed by atoms with Gasteiger partial charge in [-0.05, 0) is 31.9 Å². The SMILES string of the molecule is CC(C)(C)OC(=O)N[C@@H](Cc1ccc(CC#N)cc1)C(=O)O. The number of ether oxygens (including phenoxy) is 1. The maximum atomic E-state index is 11.7. The molecule has 0 aliphatic carbocycles. The molecule has 0 aliphatic heterocycles. The highest BCUT2D eigenvalue weighted by atomic mass is 16.6. The summed E-state index contributed by atoms with van der Waals surface area (Å²) in [5.41, 5.74) is 0.926. The normalized spacial score (nSPS) is 12.1. The van der Waals surface area contributed by atoms with Crippen molar-refractivity contribution in [1.29, 1.82) is 5.26 Å². The van der Waals surface area contributed by atoms with E-state index in [0.29, 0.717) is 6.42 Å². The second-order valence-electron chi connectivity index (χ2n) is 5.89. The van der Waals surface area contributed by atoms with Gasteiger partial charge in [-0.2, -0.15) is 5.26 Å². The molecule has 0 heterocycles. The molecule has 0 fully saturated rings. The molecule has 22 heavy (non-hydrogen) atoms. The zero-order chi connectivity index (χ0) is 16.8. The number of nitrogens with zero attached hydrogens (tertiary/aromatic N) is 1. The minimum Gasteiger partial charge on any atom is -0.480 e. The molecule has 0 unspecified atom stereocenters. The summed E-state index contributed by atoms with van der Waals surface area (Å²) in [5.74, 6) is -1.13. The summed E-state index contributed by atoms with van der Waals surface area (Å²) in [7, 11) is 0. The number of nitrogens with one attached hydrogen (secondary N) is 1. The Morgan fingerprint density at radius 1 is 1.27 bits per heavy atom. The van der Waals surface area contributed by atoms with Crippen molar-refractivity contribution < 1.29 is 19.4 Å². The van der Waals surface area contributed by atoms with Gasteiger partial charge in [0, 0.05) is 6.42 Å². The van der Waals surface area contributed by atoms with Crippen LogP contribution in [0.15, 0.2) is 24.3 Å². The first kappa shape index (κ1) is 17.5. The first-order chi connectivity index (χ1) is 10.2. The third-order valence-corrected chi connectivity index (χ3v) is 2.74. The van der Waals surface area contributed by atoms with Gasteiger partial charge in [0.2, 0.25) is 0 Å². The minimum absolute atomic E-state index is 0.140. The number of aliphatic carboxylic acids is 1. The smallest absolute Gasteiger partial charge is 0.408 e. The molecule has 0 radical (unpaired) electrons. The lowest BCUT2D eigenvalue weighted by molar-refractivity contribution is -0.139. The summed E-state index contributed by atoms with van der Waals surface area (Å²) in [6, 6.07) is 8.01. The van der Waals surface area contributed by atoms with E-state index in [1.54, 1.807) is 45.0 Å². The number of amides is 1. The molecule has 0 saturated carbocycles. The highest BCUT2D eigenvalue weighted by Crippen LogP contribution is 2.10. The van der Waals surface area contributed by atoms with Crippen molar-refractivity contribution in [2.45, 2.75) is 45.3 Å². The first-order valence-corrected chi connectivity index (χ1v) is 6.88. The van der Waals surface area contributed by atoms with Gasteiger partial charge in [0.15, 0.2) is 0 Å². The average molecular weight is 304 g/mol. The summed E-state index contributed by atoms with van der Waals surface area (Å²) in [6.07, 6.45) is -0.318. The van der Waals surface area contributed by atoms with Crippen LogP contribution in [0.1, 0.15) is 31.9 Å². The highest BCUT2D eigenvalue weighted by Gasteiger charge is 2.24. The number of benzene rings is 1. The Bertz CT molecular complexity index is 567. The molecule has 2 N–H and O–H groups in total. The summed E-state index contributed by atoms with van der Waals surface area (Å²) in [5, 5.41) is 20.2. The molecule has 6 heteroatoms. The number of alkyl carbamates (subject to hydrolysis) is 1. The van der Waals surface area contributed by atoms with Crippen LogP contribution in [-0.4, -0.2) is 28.8 Å². The fraction of sp³-hybridized carbons (Fsp3) is 0.438. The summed E-state index contributed by atoms with van der Waals surface area (Å²) >= 11 is 0. The van der Waals surface area contributed by atoms with E-state index in [1.807, 2.05) is 6.07 Å². The molecule has 1 aromatic carbocycles. The van der Waals surface area contributed by atoms with Crippen molar-refractivity contribution in [2.75, 3.05) is 0 Å². The maximum Gasteiger partial charge on any atom is 0.408 e. The molecule has 0 saturated heterocycles. The van der Waals surface area contributed by atoms with Crippen molar-refractivity contribution in [2.24, 2.45) is 0 Å². The van der Waals surface area contributed by atoms with Crippen molar-refractivity contribution in [3.05, 3.63) is 35.4 Å². The predicted molar refractivity (Wildman–Crippen MR) is 80.3 cm³/mol. The maximum absolute atomic E-state index is 11.7. The van der Waals surface area contributed by atoms with Crippen LogP contribution in [0.2, 0.25) is 0 Å². The molecule has 0 bridgehead atoms. The molecule has 0 aliphatic rings. The number of hydrogen-bond acceptors (Lipinski definition) is 4. The Balaban J connectivity index is 2.70. The van der Waals surface area contributed by atoms with Crippen molar-refractivity contribution in [1.82, 2.24) is 5.32 Å². The van der Waals surface area contributed by atoms with Crippen LogP contribution in [0.5, 0.6) is 0 Å². The van der Waals surface area contributed by atoms with E-state index in [2.05, 4.69) is 5.32 Å². The van der Waals surface area contributed by atoms with E-state index in [9.17, 15) is 14.7 Å². The third-order valence-electron chi connectivity index (χ3n) is 2.74. The molecule has 0 aromatic heterocycles. The molecule has 6 nitrogen and oxygen atoms in total. The van der Waals surface area contributed by atoms with Crippen LogP contribution in [0.3, 0.4) is 0 Å². The third kappa shape index (κ3) is 6.27. The van der Waals surface area contributed by atoms with Crippen molar-refractivity contribution >= 4 is 12.1 Å². The summed E-state index contributed by atoms with van der Waals surface area (Å²) in [4.78, 5) is 22.9. The number of carboxylic acids is 1. The quantitative estimate of drug-likeness (QED) is 0.869. The van der Waals surface area contributed by atoms with Crippen molar-refractivity contribution in [3.8, 4) is 6.07 Å². The topological polar surface area (TPSA) is 99.4 Å². The summed E-state index contributed by atoms with van der Waals surface area (Å²) < 4.78 is 5.06. The van der Waals surface area contributed by atoms with E-state index in [0.717, 1.165) is 11.1 Å². The number of carbonyl (C=O) groups is 2. The van der Waals surface area contributed by atoms with Gasteiger partial charge < -0.3 is 15.2 Å². The van der Waals surface area contributed by atoms with E-state index in [-0.39, 0.29) is 6.42 Å². The van der Waals surface area contributed by atoms with Crippen molar-refractivity contribution in [3.63, 3.8) is 0 Å². The average Bonchev–Trinajstić information content (AvgIpc) is 2.38. The Morgan fingerprint density at radius 3 is 2.27 bits per heavy atom. The molecule has 0 spiro atoms. The molecule has 118 valence electrons. The first-order valence-electron chi connectivity index (χ1n) is 6.88. The fourth-order valence-corrected chi connectivity index (χ4v) is 1.77. The second-order valence-corrected chi connectivity index (χ2v) is 5.89. The number of hydrogen-bond donors (Lipinski definition) is 2. The zero-order valence-electron chi connectivity index (χ0n) is 12.9. The number of rotatable bonds is 5. The largest absolute Gasteiger partial charge is 0.480 e. The Morgan fingerprint density at radius 2 is 1.82 bits per heavy atom. The number of carboxylic acid groups (broad SMARTS) is 1. The Kier molecular flexibility index (Phi) is 5.93. The highest BCUT2D eigenvalue weighted by molar-refractivity contribution is 5.80. The van der Waals surface area contributed by atoms with Gasteiger partial charge in [-0.25, -0.2) is 9.59 Å². The van der Waals surface area contributed by atoms with Crippen LogP contribution in [-0.2, 0) is 22.4 Å². The number of nitriles is 1. The van der Waals surface area contributed by atoms with Gasteiger partial charge in [-0.1, -0.05) is 24.3 Å². The van der Waals surface area contributed by atoms with Crippen LogP contribution in [0.25, 0.3) is 0 Å².